The zero-order chi connectivity index (χ0) is 9.68. The lowest BCUT2D eigenvalue weighted by Gasteiger charge is -2.04. The summed E-state index contributed by atoms with van der Waals surface area (Å²) in [5.74, 6) is 0. The summed E-state index contributed by atoms with van der Waals surface area (Å²) >= 11 is 0. The molecule has 0 saturated carbocycles. The molecule has 0 amide bonds. The third-order valence-electron chi connectivity index (χ3n) is 1.85. The standard InChI is InChI=1S/C8H15FN4/c1-2-3-7(10)8-6-13(5-4-9)12-11-8/h6-7H,2-5,10H2,1H3. The summed E-state index contributed by atoms with van der Waals surface area (Å²) in [6, 6.07) is -0.0710. The summed E-state index contributed by atoms with van der Waals surface area (Å²) in [5.41, 5.74) is 6.55. The Morgan fingerprint density at radius 3 is 3.08 bits per heavy atom. The monoisotopic (exact) mass is 186 g/mol. The average Bonchev–Trinajstić information content (AvgIpc) is 2.54. The van der Waals surface area contributed by atoms with Crippen LogP contribution in [0.25, 0.3) is 0 Å². The average molecular weight is 186 g/mol. The number of rotatable bonds is 5. The Hall–Kier alpha value is -0.970. The maximum atomic E-state index is 11.9. The molecule has 1 atom stereocenters. The first-order valence-corrected chi connectivity index (χ1v) is 4.49. The maximum absolute atomic E-state index is 11.9. The first kappa shape index (κ1) is 10.1. The van der Waals surface area contributed by atoms with E-state index in [2.05, 4.69) is 17.2 Å². The zero-order valence-electron chi connectivity index (χ0n) is 7.78. The van der Waals surface area contributed by atoms with Gasteiger partial charge in [-0.15, -0.1) is 5.10 Å². The first-order valence-electron chi connectivity index (χ1n) is 4.49. The lowest BCUT2D eigenvalue weighted by atomic mass is 10.1. The Bertz CT molecular complexity index is 248. The van der Waals surface area contributed by atoms with Crippen LogP contribution < -0.4 is 5.73 Å². The highest BCUT2D eigenvalue weighted by Gasteiger charge is 2.08. The van der Waals surface area contributed by atoms with E-state index in [1.165, 1.54) is 4.68 Å². The number of alkyl halides is 1. The van der Waals surface area contributed by atoms with Crippen LogP contribution >= 0.6 is 0 Å². The van der Waals surface area contributed by atoms with Gasteiger partial charge in [0.05, 0.1) is 24.5 Å². The van der Waals surface area contributed by atoms with Gasteiger partial charge in [0, 0.05) is 0 Å². The Balaban J connectivity index is 2.56. The normalized spacial score (nSPS) is 13.2. The third kappa shape index (κ3) is 2.77. The second kappa shape index (κ2) is 4.91. The smallest absolute Gasteiger partial charge is 0.109 e. The molecule has 0 aliphatic carbocycles. The van der Waals surface area contributed by atoms with E-state index < -0.39 is 6.67 Å². The molecule has 0 radical (unpaired) electrons. The fraction of sp³-hybridized carbons (Fsp3) is 0.750. The number of aromatic nitrogens is 3. The van der Waals surface area contributed by atoms with Crippen molar-refractivity contribution in [3.63, 3.8) is 0 Å². The van der Waals surface area contributed by atoms with Crippen molar-refractivity contribution in [2.24, 2.45) is 5.73 Å². The van der Waals surface area contributed by atoms with E-state index >= 15 is 0 Å². The Morgan fingerprint density at radius 2 is 2.46 bits per heavy atom. The number of aryl methyl sites for hydroxylation is 1. The lowest BCUT2D eigenvalue weighted by molar-refractivity contribution is 0.422. The van der Waals surface area contributed by atoms with Gasteiger partial charge in [-0.05, 0) is 6.42 Å². The van der Waals surface area contributed by atoms with Crippen LogP contribution in [0.1, 0.15) is 31.5 Å². The topological polar surface area (TPSA) is 56.7 Å². The van der Waals surface area contributed by atoms with Crippen molar-refractivity contribution in [3.8, 4) is 0 Å². The molecule has 1 unspecified atom stereocenters. The van der Waals surface area contributed by atoms with Gasteiger partial charge in [-0.1, -0.05) is 18.6 Å². The number of nitrogens with zero attached hydrogens (tertiary/aromatic N) is 3. The van der Waals surface area contributed by atoms with Crippen LogP contribution in [0, 0.1) is 0 Å². The van der Waals surface area contributed by atoms with Gasteiger partial charge in [-0.3, -0.25) is 0 Å². The number of halogens is 1. The SMILES string of the molecule is CCCC(N)c1cn(CCF)nn1. The van der Waals surface area contributed by atoms with Gasteiger partial charge in [-0.25, -0.2) is 9.07 Å². The van der Waals surface area contributed by atoms with Crippen LogP contribution in [0.3, 0.4) is 0 Å². The predicted molar refractivity (Wildman–Crippen MR) is 47.8 cm³/mol. The van der Waals surface area contributed by atoms with Gasteiger partial charge < -0.3 is 5.73 Å². The summed E-state index contributed by atoms with van der Waals surface area (Å²) in [4.78, 5) is 0. The Labute approximate surface area is 76.9 Å². The highest BCUT2D eigenvalue weighted by Crippen LogP contribution is 2.11. The lowest BCUT2D eigenvalue weighted by Crippen LogP contribution is -2.10. The summed E-state index contributed by atoms with van der Waals surface area (Å²) in [5, 5.41) is 7.63. The number of nitrogens with two attached hydrogens (primary N) is 1. The van der Waals surface area contributed by atoms with Gasteiger partial charge in [0.1, 0.15) is 6.67 Å². The van der Waals surface area contributed by atoms with Crippen molar-refractivity contribution in [1.82, 2.24) is 15.0 Å². The van der Waals surface area contributed by atoms with Crippen molar-refractivity contribution >= 4 is 0 Å². The van der Waals surface area contributed by atoms with E-state index in [9.17, 15) is 4.39 Å². The minimum absolute atomic E-state index is 0.0710. The third-order valence-corrected chi connectivity index (χ3v) is 1.85. The van der Waals surface area contributed by atoms with Crippen molar-refractivity contribution in [3.05, 3.63) is 11.9 Å². The van der Waals surface area contributed by atoms with Crippen LogP contribution in [-0.4, -0.2) is 21.7 Å². The minimum Gasteiger partial charge on any atom is -0.323 e. The molecule has 1 rings (SSSR count). The highest BCUT2D eigenvalue weighted by atomic mass is 19.1. The second-order valence-corrected chi connectivity index (χ2v) is 2.99. The molecule has 0 aromatic carbocycles. The molecule has 13 heavy (non-hydrogen) atoms. The van der Waals surface area contributed by atoms with Crippen LogP contribution in [0.5, 0.6) is 0 Å². The molecule has 0 bridgehead atoms. The molecule has 0 fully saturated rings. The van der Waals surface area contributed by atoms with Gasteiger partial charge >= 0.3 is 0 Å². The molecule has 0 saturated heterocycles. The molecule has 1 aromatic heterocycles. The summed E-state index contributed by atoms with van der Waals surface area (Å²) < 4.78 is 13.4. The van der Waals surface area contributed by atoms with E-state index in [-0.39, 0.29) is 12.6 Å². The number of hydrogen-bond donors (Lipinski definition) is 1. The summed E-state index contributed by atoms with van der Waals surface area (Å²) in [6.45, 7) is 1.89. The molecular formula is C8H15FN4. The van der Waals surface area contributed by atoms with Crippen LogP contribution in [-0.2, 0) is 6.54 Å². The van der Waals surface area contributed by atoms with E-state index in [4.69, 9.17) is 5.73 Å². The molecular weight excluding hydrogens is 171 g/mol. The largest absolute Gasteiger partial charge is 0.323 e. The highest BCUT2D eigenvalue weighted by molar-refractivity contribution is 4.99. The molecule has 0 spiro atoms. The van der Waals surface area contributed by atoms with Crippen LogP contribution in [0.2, 0.25) is 0 Å². The van der Waals surface area contributed by atoms with E-state index in [0.717, 1.165) is 18.5 Å². The fourth-order valence-corrected chi connectivity index (χ4v) is 1.14. The molecule has 2 N–H and O–H groups in total. The van der Waals surface area contributed by atoms with Crippen molar-refractivity contribution in [1.29, 1.82) is 0 Å². The van der Waals surface area contributed by atoms with Crippen LogP contribution in [0.15, 0.2) is 6.20 Å². The number of hydrogen-bond acceptors (Lipinski definition) is 3. The van der Waals surface area contributed by atoms with Crippen molar-refractivity contribution < 1.29 is 4.39 Å². The molecule has 74 valence electrons. The van der Waals surface area contributed by atoms with Crippen molar-refractivity contribution in [2.45, 2.75) is 32.4 Å². The van der Waals surface area contributed by atoms with Crippen molar-refractivity contribution in [2.75, 3.05) is 6.67 Å². The van der Waals surface area contributed by atoms with Gasteiger partial charge in [0.2, 0.25) is 0 Å². The zero-order valence-corrected chi connectivity index (χ0v) is 7.78. The fourth-order valence-electron chi connectivity index (χ4n) is 1.14. The Kier molecular flexibility index (Phi) is 3.82. The Morgan fingerprint density at radius 1 is 1.69 bits per heavy atom. The second-order valence-electron chi connectivity index (χ2n) is 2.99. The van der Waals surface area contributed by atoms with E-state index in [1.54, 1.807) is 6.20 Å². The molecule has 1 heterocycles. The molecule has 0 aliphatic heterocycles. The van der Waals surface area contributed by atoms with Crippen LogP contribution in [0.4, 0.5) is 4.39 Å². The van der Waals surface area contributed by atoms with E-state index in [0.29, 0.717) is 0 Å². The first-order chi connectivity index (χ1) is 6.27. The molecule has 1 aromatic rings. The minimum atomic E-state index is -0.425. The summed E-state index contributed by atoms with van der Waals surface area (Å²) in [6.07, 6.45) is 3.60. The van der Waals surface area contributed by atoms with E-state index in [1.807, 2.05) is 0 Å². The predicted octanol–water partition coefficient (Wildman–Crippen LogP) is 1.05. The molecule has 5 heteroatoms. The summed E-state index contributed by atoms with van der Waals surface area (Å²) in [7, 11) is 0. The quantitative estimate of drug-likeness (QED) is 0.747. The van der Waals surface area contributed by atoms with Gasteiger partial charge in [-0.2, -0.15) is 0 Å². The van der Waals surface area contributed by atoms with Gasteiger partial charge in [0.25, 0.3) is 0 Å². The molecule has 4 nitrogen and oxygen atoms in total. The molecule has 0 aliphatic rings. The van der Waals surface area contributed by atoms with Gasteiger partial charge in [0.15, 0.2) is 0 Å². The maximum Gasteiger partial charge on any atom is 0.109 e.